The minimum absolute atomic E-state index is 0.256. The minimum Gasteiger partial charge on any atom is -0.366 e. The molecule has 0 unspecified atom stereocenters. The molecule has 3 heteroatoms. The molecule has 0 aliphatic rings. The minimum atomic E-state index is -0.441. The highest BCUT2D eigenvalue weighted by molar-refractivity contribution is 5.91. The third-order valence-corrected chi connectivity index (χ3v) is 2.46. The van der Waals surface area contributed by atoms with Gasteiger partial charge in [-0.2, -0.15) is 0 Å². The van der Waals surface area contributed by atoms with Crippen molar-refractivity contribution in [1.82, 2.24) is 0 Å². The summed E-state index contributed by atoms with van der Waals surface area (Å²) in [5, 5.41) is 0. The lowest BCUT2D eigenvalue weighted by atomic mass is 10.0. The maximum atomic E-state index is 13.0. The molecule has 0 bridgehead atoms. The second kappa shape index (κ2) is 9.09. The summed E-state index contributed by atoms with van der Waals surface area (Å²) >= 11 is 0. The molecule has 19 heavy (non-hydrogen) atoms. The van der Waals surface area contributed by atoms with E-state index in [9.17, 15) is 9.18 Å². The van der Waals surface area contributed by atoms with Gasteiger partial charge in [0.05, 0.1) is 0 Å². The first-order chi connectivity index (χ1) is 9.02. The molecule has 104 valence electrons. The molecule has 1 rings (SSSR count). The first-order valence-electron chi connectivity index (χ1n) is 6.40. The van der Waals surface area contributed by atoms with Crippen molar-refractivity contribution in [3.63, 3.8) is 0 Å². The van der Waals surface area contributed by atoms with Gasteiger partial charge in [0.2, 0.25) is 5.91 Å². The molecule has 0 radical (unpaired) electrons. The summed E-state index contributed by atoms with van der Waals surface area (Å²) in [5.74, 6) is -0.697. The van der Waals surface area contributed by atoms with Gasteiger partial charge in [-0.25, -0.2) is 4.39 Å². The zero-order valence-corrected chi connectivity index (χ0v) is 12.0. The Balaban J connectivity index is 0.00000154. The van der Waals surface area contributed by atoms with E-state index in [-0.39, 0.29) is 5.82 Å². The number of hydrogen-bond acceptors (Lipinski definition) is 1. The largest absolute Gasteiger partial charge is 0.366 e. The molecule has 0 spiro atoms. The topological polar surface area (TPSA) is 43.1 Å². The predicted octanol–water partition coefficient (Wildman–Crippen LogP) is 3.77. The fraction of sp³-hybridized carbons (Fsp3) is 0.312. The number of rotatable bonds is 4. The number of nitrogens with two attached hydrogens (primary N) is 1. The molecule has 0 fully saturated rings. The Hall–Kier alpha value is -1.90. The molecule has 0 heterocycles. The van der Waals surface area contributed by atoms with Gasteiger partial charge in [-0.05, 0) is 43.5 Å². The lowest BCUT2D eigenvalue weighted by molar-refractivity contribution is -0.114. The summed E-state index contributed by atoms with van der Waals surface area (Å²) in [6.45, 7) is 7.54. The Morgan fingerprint density at radius 2 is 2.00 bits per heavy atom. The van der Waals surface area contributed by atoms with Crippen molar-refractivity contribution < 1.29 is 9.18 Å². The number of benzene rings is 1. The maximum Gasteiger partial charge on any atom is 0.244 e. The molecule has 1 aromatic rings. The van der Waals surface area contributed by atoms with Gasteiger partial charge in [-0.1, -0.05) is 38.1 Å². The summed E-state index contributed by atoms with van der Waals surface area (Å²) in [4.78, 5) is 10.9. The number of amides is 1. The van der Waals surface area contributed by atoms with Gasteiger partial charge in [-0.3, -0.25) is 4.79 Å². The van der Waals surface area contributed by atoms with Crippen molar-refractivity contribution in [3.8, 4) is 0 Å². The van der Waals surface area contributed by atoms with Crippen LogP contribution in [0.1, 0.15) is 33.3 Å². The highest BCUT2D eigenvalue weighted by Gasteiger charge is 2.01. The number of halogens is 1. The standard InChI is InChI=1S/C14H16FNO.C2H6/c1-3-11(7-10(2)14(16)17)8-12-5-4-6-13(15)9-12;1-2/h3-7,9H,8H2,1-2H3,(H2,16,17);1-2H3/b10-7+,11-3+;. The van der Waals surface area contributed by atoms with Gasteiger partial charge >= 0.3 is 0 Å². The third-order valence-electron chi connectivity index (χ3n) is 2.46. The van der Waals surface area contributed by atoms with Crippen LogP contribution in [-0.4, -0.2) is 5.91 Å². The first-order valence-corrected chi connectivity index (χ1v) is 6.40. The number of allylic oxidation sites excluding steroid dienone is 3. The van der Waals surface area contributed by atoms with Gasteiger partial charge in [0.1, 0.15) is 5.82 Å². The van der Waals surface area contributed by atoms with Crippen molar-refractivity contribution in [2.45, 2.75) is 34.1 Å². The molecule has 0 atom stereocenters. The Labute approximate surface area is 114 Å². The van der Waals surface area contributed by atoms with Crippen molar-refractivity contribution >= 4 is 5.91 Å². The van der Waals surface area contributed by atoms with E-state index in [4.69, 9.17) is 5.73 Å². The van der Waals surface area contributed by atoms with Crippen LogP contribution in [0.25, 0.3) is 0 Å². The molecule has 0 saturated heterocycles. The molecule has 1 amide bonds. The van der Waals surface area contributed by atoms with Crippen molar-refractivity contribution in [1.29, 1.82) is 0 Å². The third kappa shape index (κ3) is 6.55. The van der Waals surface area contributed by atoms with Crippen LogP contribution in [0, 0.1) is 5.82 Å². The quantitative estimate of drug-likeness (QED) is 0.652. The fourth-order valence-electron chi connectivity index (χ4n) is 1.47. The molecule has 0 aliphatic carbocycles. The van der Waals surface area contributed by atoms with Gasteiger partial charge in [0.15, 0.2) is 0 Å². The Bertz CT molecular complexity index is 475. The van der Waals surface area contributed by atoms with Crippen molar-refractivity contribution in [2.75, 3.05) is 0 Å². The zero-order chi connectivity index (χ0) is 14.8. The SMILES string of the molecule is C/C=C(\C=C(/C)C(N)=O)Cc1cccc(F)c1.CC. The number of primary amides is 1. The van der Waals surface area contributed by atoms with Crippen LogP contribution < -0.4 is 5.73 Å². The maximum absolute atomic E-state index is 13.0. The van der Waals surface area contributed by atoms with E-state index in [1.54, 1.807) is 19.1 Å². The molecular weight excluding hydrogens is 241 g/mol. The molecule has 1 aromatic carbocycles. The average molecular weight is 263 g/mol. The van der Waals surface area contributed by atoms with E-state index in [1.807, 2.05) is 32.9 Å². The summed E-state index contributed by atoms with van der Waals surface area (Å²) in [6.07, 6.45) is 4.20. The normalized spacial score (nSPS) is 11.6. The first kappa shape index (κ1) is 17.1. The second-order valence-electron chi connectivity index (χ2n) is 3.86. The fourth-order valence-corrected chi connectivity index (χ4v) is 1.47. The average Bonchev–Trinajstić information content (AvgIpc) is 2.40. The summed E-state index contributed by atoms with van der Waals surface area (Å²) < 4.78 is 13.0. The zero-order valence-electron chi connectivity index (χ0n) is 12.0. The van der Waals surface area contributed by atoms with E-state index in [0.717, 1.165) is 11.1 Å². The summed E-state index contributed by atoms with van der Waals surface area (Å²) in [7, 11) is 0. The number of carbonyl (C=O) groups excluding carboxylic acids is 1. The van der Waals surface area contributed by atoms with E-state index in [0.29, 0.717) is 12.0 Å². The van der Waals surface area contributed by atoms with E-state index < -0.39 is 5.91 Å². The van der Waals surface area contributed by atoms with Gasteiger partial charge in [0, 0.05) is 5.57 Å². The molecular formula is C16H22FNO. The highest BCUT2D eigenvalue weighted by atomic mass is 19.1. The van der Waals surface area contributed by atoms with Crippen LogP contribution in [-0.2, 0) is 11.2 Å². The van der Waals surface area contributed by atoms with Crippen LogP contribution in [0.4, 0.5) is 4.39 Å². The predicted molar refractivity (Wildman–Crippen MR) is 78.2 cm³/mol. The number of carbonyl (C=O) groups is 1. The lowest BCUT2D eigenvalue weighted by Crippen LogP contribution is -2.11. The van der Waals surface area contributed by atoms with Crippen LogP contribution in [0.3, 0.4) is 0 Å². The number of hydrogen-bond donors (Lipinski definition) is 1. The highest BCUT2D eigenvalue weighted by Crippen LogP contribution is 2.12. The second-order valence-corrected chi connectivity index (χ2v) is 3.86. The van der Waals surface area contributed by atoms with Gasteiger partial charge in [0.25, 0.3) is 0 Å². The van der Waals surface area contributed by atoms with Crippen LogP contribution in [0.15, 0.2) is 47.6 Å². The monoisotopic (exact) mass is 263 g/mol. The van der Waals surface area contributed by atoms with E-state index in [2.05, 4.69) is 0 Å². The molecule has 2 nitrogen and oxygen atoms in total. The van der Waals surface area contributed by atoms with Gasteiger partial charge in [-0.15, -0.1) is 0 Å². The molecule has 0 aromatic heterocycles. The Kier molecular flexibility index (Phi) is 8.18. The van der Waals surface area contributed by atoms with E-state index >= 15 is 0 Å². The molecule has 0 saturated carbocycles. The summed E-state index contributed by atoms with van der Waals surface area (Å²) in [6, 6.07) is 6.41. The van der Waals surface area contributed by atoms with Crippen molar-refractivity contribution in [3.05, 3.63) is 58.9 Å². The van der Waals surface area contributed by atoms with Gasteiger partial charge < -0.3 is 5.73 Å². The van der Waals surface area contributed by atoms with E-state index in [1.165, 1.54) is 12.1 Å². The molecule has 0 aliphatic heterocycles. The molecule has 2 N–H and O–H groups in total. The van der Waals surface area contributed by atoms with Crippen LogP contribution in [0.2, 0.25) is 0 Å². The van der Waals surface area contributed by atoms with Crippen molar-refractivity contribution in [2.24, 2.45) is 5.73 Å². The van der Waals surface area contributed by atoms with Crippen LogP contribution >= 0.6 is 0 Å². The lowest BCUT2D eigenvalue weighted by Gasteiger charge is -2.04. The van der Waals surface area contributed by atoms with Crippen LogP contribution in [0.5, 0.6) is 0 Å². The Morgan fingerprint density at radius 1 is 1.37 bits per heavy atom. The Morgan fingerprint density at radius 3 is 2.47 bits per heavy atom. The smallest absolute Gasteiger partial charge is 0.244 e. The summed E-state index contributed by atoms with van der Waals surface area (Å²) in [5.41, 5.74) is 7.46.